The number of esters is 1. The quantitative estimate of drug-likeness (QED) is 0.467. The van der Waals surface area contributed by atoms with Crippen LogP contribution in [0.4, 0.5) is 0 Å². The minimum absolute atomic E-state index is 0.167. The molecule has 0 bridgehead atoms. The predicted molar refractivity (Wildman–Crippen MR) is 116 cm³/mol. The first kappa shape index (κ1) is 21.6. The lowest BCUT2D eigenvalue weighted by Gasteiger charge is -2.52. The molecule has 3 unspecified atom stereocenters. The molecular weight excluding hydrogens is 392 g/mol. The van der Waals surface area contributed by atoms with E-state index in [-0.39, 0.29) is 17.2 Å². The van der Waals surface area contributed by atoms with E-state index in [0.29, 0.717) is 43.0 Å². The molecule has 1 spiro atoms. The smallest absolute Gasteiger partial charge is 0.311 e. The monoisotopic (exact) mass is 430 g/mol. The van der Waals surface area contributed by atoms with Gasteiger partial charge in [-0.05, 0) is 83.5 Å². The number of ether oxygens (including phenoxy) is 3. The molecule has 0 aromatic rings. The van der Waals surface area contributed by atoms with Crippen LogP contribution in [0.25, 0.3) is 0 Å². The Balaban J connectivity index is 1.31. The first-order valence-corrected chi connectivity index (χ1v) is 12.4. The van der Waals surface area contributed by atoms with E-state index in [9.17, 15) is 9.59 Å². The van der Waals surface area contributed by atoms with Gasteiger partial charge in [0.1, 0.15) is 5.78 Å². The van der Waals surface area contributed by atoms with E-state index in [1.807, 2.05) is 20.8 Å². The summed E-state index contributed by atoms with van der Waals surface area (Å²) in [6.07, 6.45) is 9.82. The van der Waals surface area contributed by atoms with Gasteiger partial charge in [-0.25, -0.2) is 0 Å². The molecule has 4 atom stereocenters. The van der Waals surface area contributed by atoms with Crippen LogP contribution in [0.3, 0.4) is 0 Å². The summed E-state index contributed by atoms with van der Waals surface area (Å²) in [6.45, 7) is 7.46. The minimum Gasteiger partial charge on any atom is -0.465 e. The van der Waals surface area contributed by atoms with Crippen molar-refractivity contribution in [1.82, 2.24) is 0 Å². The van der Waals surface area contributed by atoms with Crippen molar-refractivity contribution in [2.24, 2.45) is 28.6 Å². The largest absolute Gasteiger partial charge is 0.465 e. The highest BCUT2D eigenvalue weighted by molar-refractivity contribution is 5.87. The fourth-order valence-corrected chi connectivity index (χ4v) is 7.51. The molecule has 2 saturated carbocycles. The highest BCUT2D eigenvalue weighted by Gasteiger charge is 2.58. The van der Waals surface area contributed by atoms with Gasteiger partial charge >= 0.3 is 5.97 Å². The molecule has 172 valence electrons. The van der Waals surface area contributed by atoms with Gasteiger partial charge in [0.25, 0.3) is 0 Å². The van der Waals surface area contributed by atoms with Gasteiger partial charge in [-0.1, -0.05) is 11.1 Å². The van der Waals surface area contributed by atoms with Crippen LogP contribution in [-0.4, -0.2) is 37.4 Å². The Kier molecular flexibility index (Phi) is 5.37. The average molecular weight is 431 g/mol. The third-order valence-electron chi connectivity index (χ3n) is 9.03. The van der Waals surface area contributed by atoms with Crippen LogP contribution >= 0.6 is 0 Å². The summed E-state index contributed by atoms with van der Waals surface area (Å²) >= 11 is 0. The van der Waals surface area contributed by atoms with E-state index in [1.165, 1.54) is 6.42 Å². The van der Waals surface area contributed by atoms with Crippen LogP contribution < -0.4 is 0 Å². The summed E-state index contributed by atoms with van der Waals surface area (Å²) in [5, 5.41) is 0. The fraction of sp³-hybridized carbons (Fsp3) is 0.846. The molecule has 0 aromatic carbocycles. The average Bonchev–Trinajstić information content (AvgIpc) is 3.31. The Hall–Kier alpha value is -1.20. The topological polar surface area (TPSA) is 61.8 Å². The molecule has 1 aliphatic heterocycles. The van der Waals surface area contributed by atoms with Gasteiger partial charge in [0.05, 0.1) is 25.2 Å². The molecule has 5 aliphatic rings. The zero-order chi connectivity index (χ0) is 21.9. The van der Waals surface area contributed by atoms with Crippen LogP contribution in [0.2, 0.25) is 0 Å². The molecule has 0 N–H and O–H groups in total. The van der Waals surface area contributed by atoms with Gasteiger partial charge < -0.3 is 14.2 Å². The third-order valence-corrected chi connectivity index (χ3v) is 9.03. The second-order valence-electron chi connectivity index (χ2n) is 11.6. The van der Waals surface area contributed by atoms with E-state index in [1.54, 1.807) is 11.1 Å². The van der Waals surface area contributed by atoms with Crippen LogP contribution in [0, 0.1) is 28.6 Å². The standard InChI is InChI=1S/C26H38O5/c1-24(2,3)23(28)29-13-12-25-10-8-19-18-9-11-26(30-14-15-31-26)16-17(18)4-5-20(19)21(25)6-7-22(25)27/h19-21H,4-16H2,1-3H3/t19?,20?,21?,25-/m1/s1. The van der Waals surface area contributed by atoms with E-state index in [2.05, 4.69) is 0 Å². The number of carbonyl (C=O) groups is 2. The lowest BCUT2D eigenvalue weighted by molar-refractivity contribution is -0.166. The number of ketones is 1. The number of hydrogen-bond acceptors (Lipinski definition) is 5. The fourth-order valence-electron chi connectivity index (χ4n) is 7.51. The van der Waals surface area contributed by atoms with Crippen LogP contribution in [-0.2, 0) is 23.8 Å². The number of hydrogen-bond donors (Lipinski definition) is 0. The number of rotatable bonds is 3. The second-order valence-corrected chi connectivity index (χ2v) is 11.6. The van der Waals surface area contributed by atoms with E-state index in [0.717, 1.165) is 58.2 Å². The first-order valence-electron chi connectivity index (χ1n) is 12.4. The Labute approximate surface area is 186 Å². The van der Waals surface area contributed by atoms with E-state index in [4.69, 9.17) is 14.2 Å². The molecular formula is C26H38O5. The van der Waals surface area contributed by atoms with Gasteiger partial charge in [-0.15, -0.1) is 0 Å². The first-order chi connectivity index (χ1) is 14.7. The van der Waals surface area contributed by atoms with Crippen molar-refractivity contribution in [3.05, 3.63) is 11.1 Å². The molecule has 3 fully saturated rings. The second kappa shape index (κ2) is 7.69. The molecule has 0 amide bonds. The molecule has 0 aromatic heterocycles. The molecule has 31 heavy (non-hydrogen) atoms. The predicted octanol–water partition coefficient (Wildman–Crippen LogP) is 4.97. The Bertz CT molecular complexity index is 784. The third kappa shape index (κ3) is 3.60. The number of Topliss-reactive ketones (excluding diaryl/α,β-unsaturated/α-hetero) is 1. The Morgan fingerprint density at radius 3 is 2.58 bits per heavy atom. The number of carbonyl (C=O) groups excluding carboxylic acids is 2. The summed E-state index contributed by atoms with van der Waals surface area (Å²) in [5.41, 5.74) is 2.51. The van der Waals surface area contributed by atoms with Gasteiger partial charge in [0.15, 0.2) is 5.79 Å². The van der Waals surface area contributed by atoms with Gasteiger partial charge in [0, 0.05) is 24.7 Å². The van der Waals surface area contributed by atoms with Gasteiger partial charge in [-0.2, -0.15) is 0 Å². The van der Waals surface area contributed by atoms with Crippen molar-refractivity contribution in [2.45, 2.75) is 90.8 Å². The molecule has 5 nitrogen and oxygen atoms in total. The summed E-state index contributed by atoms with van der Waals surface area (Å²) < 4.78 is 17.6. The highest BCUT2D eigenvalue weighted by Crippen LogP contribution is 2.62. The van der Waals surface area contributed by atoms with Crippen molar-refractivity contribution in [2.75, 3.05) is 19.8 Å². The maximum Gasteiger partial charge on any atom is 0.311 e. The Morgan fingerprint density at radius 1 is 1.06 bits per heavy atom. The molecule has 0 radical (unpaired) electrons. The van der Waals surface area contributed by atoms with E-state index < -0.39 is 5.41 Å². The SMILES string of the molecule is CC(C)(C)C(=O)OCC[C@]12CCC3C4=C(CCC3C1CCC2=O)CC1(CC4)OCCO1. The summed E-state index contributed by atoms with van der Waals surface area (Å²) in [7, 11) is 0. The van der Waals surface area contributed by atoms with Crippen LogP contribution in [0.5, 0.6) is 0 Å². The highest BCUT2D eigenvalue weighted by atomic mass is 16.7. The lowest BCUT2D eigenvalue weighted by atomic mass is 9.53. The zero-order valence-corrected chi connectivity index (χ0v) is 19.5. The number of allylic oxidation sites excluding steroid dienone is 1. The normalized spacial score (nSPS) is 36.9. The van der Waals surface area contributed by atoms with Crippen molar-refractivity contribution in [3.8, 4) is 0 Å². The molecule has 1 heterocycles. The zero-order valence-electron chi connectivity index (χ0n) is 19.5. The van der Waals surface area contributed by atoms with Crippen molar-refractivity contribution < 1.29 is 23.8 Å². The molecule has 5 heteroatoms. The summed E-state index contributed by atoms with van der Waals surface area (Å²) in [4.78, 5) is 25.4. The summed E-state index contributed by atoms with van der Waals surface area (Å²) in [6, 6.07) is 0. The molecule has 1 saturated heterocycles. The maximum atomic E-state index is 13.1. The molecule has 5 rings (SSSR count). The summed E-state index contributed by atoms with van der Waals surface area (Å²) in [5.74, 6) is 1.61. The Morgan fingerprint density at radius 2 is 1.84 bits per heavy atom. The van der Waals surface area contributed by atoms with Crippen molar-refractivity contribution >= 4 is 11.8 Å². The van der Waals surface area contributed by atoms with Crippen LogP contribution in [0.15, 0.2) is 11.1 Å². The molecule has 4 aliphatic carbocycles. The van der Waals surface area contributed by atoms with Crippen molar-refractivity contribution in [1.29, 1.82) is 0 Å². The lowest BCUT2D eigenvalue weighted by Crippen LogP contribution is -2.47. The van der Waals surface area contributed by atoms with Crippen LogP contribution in [0.1, 0.15) is 85.0 Å². The number of fused-ring (bicyclic) bond motifs is 4. The minimum atomic E-state index is -0.494. The van der Waals surface area contributed by atoms with Gasteiger partial charge in [-0.3, -0.25) is 9.59 Å². The maximum absolute atomic E-state index is 13.1. The van der Waals surface area contributed by atoms with Gasteiger partial charge in [0.2, 0.25) is 0 Å². The van der Waals surface area contributed by atoms with E-state index >= 15 is 0 Å². The van der Waals surface area contributed by atoms with Crippen molar-refractivity contribution in [3.63, 3.8) is 0 Å².